The minimum atomic E-state index is -0.367. The summed E-state index contributed by atoms with van der Waals surface area (Å²) in [5.74, 6) is 0.853. The van der Waals surface area contributed by atoms with Crippen LogP contribution < -0.4 is 15.4 Å². The van der Waals surface area contributed by atoms with Crippen molar-refractivity contribution in [1.82, 2.24) is 10.2 Å². The fourth-order valence-electron chi connectivity index (χ4n) is 3.61. The van der Waals surface area contributed by atoms with Crippen molar-refractivity contribution in [2.45, 2.75) is 37.6 Å². The molecule has 5 nitrogen and oxygen atoms in total. The Balaban J connectivity index is 2.06. The third-order valence-corrected chi connectivity index (χ3v) is 5.85. The molecular formula is C17H23ClIN3O2. The van der Waals surface area contributed by atoms with Crippen LogP contribution in [-0.4, -0.2) is 38.2 Å². The maximum atomic E-state index is 12.2. The van der Waals surface area contributed by atoms with E-state index < -0.39 is 0 Å². The van der Waals surface area contributed by atoms with E-state index in [2.05, 4.69) is 38.1 Å². The molecule has 2 amide bonds. The van der Waals surface area contributed by atoms with E-state index in [-0.39, 0.29) is 11.6 Å². The van der Waals surface area contributed by atoms with Gasteiger partial charge in [-0.05, 0) is 55.6 Å². The molecule has 0 unspecified atom stereocenters. The number of rotatable bonds is 4. The van der Waals surface area contributed by atoms with Gasteiger partial charge in [-0.1, -0.05) is 30.9 Å². The first-order valence-electron chi connectivity index (χ1n) is 8.32. The number of nitrogens with one attached hydrogen (secondary N) is 2. The highest BCUT2D eigenvalue weighted by atomic mass is 127. The number of anilines is 1. The van der Waals surface area contributed by atoms with Crippen molar-refractivity contribution in [3.8, 4) is 5.75 Å². The summed E-state index contributed by atoms with van der Waals surface area (Å²) < 4.78 is 7.15. The summed E-state index contributed by atoms with van der Waals surface area (Å²) in [6, 6.07) is 1.69. The number of likely N-dealkylation sites (N-methyl/N-ethyl adjacent to an activating group) is 1. The van der Waals surface area contributed by atoms with Crippen LogP contribution in [0.25, 0.3) is 0 Å². The second-order valence-electron chi connectivity index (χ2n) is 6.79. The highest BCUT2D eigenvalue weighted by Gasteiger charge is 2.44. The average Bonchev–Trinajstić information content (AvgIpc) is 2.51. The van der Waals surface area contributed by atoms with E-state index in [4.69, 9.17) is 16.3 Å². The van der Waals surface area contributed by atoms with Crippen LogP contribution in [0, 0.1) is 3.57 Å². The van der Waals surface area contributed by atoms with Gasteiger partial charge in [-0.25, -0.2) is 4.79 Å². The molecule has 1 spiro atoms. The zero-order valence-corrected chi connectivity index (χ0v) is 17.0. The summed E-state index contributed by atoms with van der Waals surface area (Å²) in [6.07, 6.45) is 5.25. The fraction of sp³-hybridized carbons (Fsp3) is 0.588. The molecule has 1 heterocycles. The molecule has 1 fully saturated rings. The second kappa shape index (κ2) is 7.25. The predicted molar refractivity (Wildman–Crippen MR) is 105 cm³/mol. The number of nitrogens with zero attached hydrogens (tertiary/aromatic N) is 1. The third-order valence-electron chi connectivity index (χ3n) is 4.75. The molecule has 1 saturated carbocycles. The van der Waals surface area contributed by atoms with Crippen LogP contribution in [0.15, 0.2) is 6.07 Å². The summed E-state index contributed by atoms with van der Waals surface area (Å²) in [7, 11) is 4.05. The van der Waals surface area contributed by atoms with Gasteiger partial charge >= 0.3 is 6.03 Å². The first kappa shape index (κ1) is 18.1. The predicted octanol–water partition coefficient (Wildman–Crippen LogP) is 4.18. The minimum Gasteiger partial charge on any atom is -0.491 e. The first-order chi connectivity index (χ1) is 11.4. The van der Waals surface area contributed by atoms with Gasteiger partial charge in [0.15, 0.2) is 0 Å². The quantitative estimate of drug-likeness (QED) is 0.659. The van der Waals surface area contributed by atoms with Crippen molar-refractivity contribution in [2.75, 3.05) is 32.6 Å². The number of hydrogen-bond acceptors (Lipinski definition) is 3. The molecule has 1 aliphatic carbocycles. The lowest BCUT2D eigenvalue weighted by molar-refractivity contribution is 0.200. The first-order valence-corrected chi connectivity index (χ1v) is 9.78. The number of urea groups is 1. The van der Waals surface area contributed by atoms with Crippen LogP contribution in [-0.2, 0) is 5.54 Å². The Morgan fingerprint density at radius 1 is 1.33 bits per heavy atom. The van der Waals surface area contributed by atoms with Gasteiger partial charge in [0.05, 0.1) is 19.8 Å². The molecule has 1 aromatic carbocycles. The van der Waals surface area contributed by atoms with Crippen molar-refractivity contribution >= 4 is 45.9 Å². The molecule has 0 atom stereocenters. The van der Waals surface area contributed by atoms with Crippen molar-refractivity contribution < 1.29 is 9.53 Å². The maximum Gasteiger partial charge on any atom is 0.319 e. The minimum absolute atomic E-state index is 0.174. The molecule has 0 saturated heterocycles. The second-order valence-corrected chi connectivity index (χ2v) is 8.36. The Kier molecular flexibility index (Phi) is 5.46. The van der Waals surface area contributed by atoms with Crippen molar-refractivity contribution in [1.29, 1.82) is 0 Å². The van der Waals surface area contributed by atoms with Gasteiger partial charge < -0.3 is 20.3 Å². The normalized spacial score (nSPS) is 19.0. The number of carbonyl (C=O) groups excluding carboxylic acids is 1. The van der Waals surface area contributed by atoms with Crippen molar-refractivity contribution in [3.63, 3.8) is 0 Å². The van der Waals surface area contributed by atoms with E-state index in [1.165, 1.54) is 6.42 Å². The standard InChI is InChI=1S/C17H23ClIN3O2/c1-22(2)8-9-24-15-12(19)10-11(18)14-13(15)17(21-16(23)20-14)6-4-3-5-7-17/h10H,3-9H2,1-2H3,(H2,20,21,23). The van der Waals surface area contributed by atoms with Gasteiger partial charge in [-0.15, -0.1) is 0 Å². The Morgan fingerprint density at radius 2 is 2.04 bits per heavy atom. The molecule has 0 bridgehead atoms. The highest BCUT2D eigenvalue weighted by molar-refractivity contribution is 14.1. The molecule has 0 radical (unpaired) electrons. The zero-order chi connectivity index (χ0) is 17.3. The Hall–Kier alpha value is -0.730. The number of fused-ring (bicyclic) bond motifs is 2. The zero-order valence-electron chi connectivity index (χ0n) is 14.0. The van der Waals surface area contributed by atoms with Gasteiger partial charge in [0.25, 0.3) is 0 Å². The molecule has 24 heavy (non-hydrogen) atoms. The number of benzene rings is 1. The average molecular weight is 464 g/mol. The number of hydrogen-bond donors (Lipinski definition) is 2. The van der Waals surface area contributed by atoms with Crippen molar-refractivity contribution in [3.05, 3.63) is 20.2 Å². The number of ether oxygens (including phenoxy) is 1. The number of amides is 2. The van der Waals surface area contributed by atoms with Crippen molar-refractivity contribution in [2.24, 2.45) is 0 Å². The number of halogens is 2. The lowest BCUT2D eigenvalue weighted by Gasteiger charge is -2.43. The summed E-state index contributed by atoms with van der Waals surface area (Å²) in [5, 5.41) is 6.65. The third kappa shape index (κ3) is 3.46. The van der Waals surface area contributed by atoms with Crippen LogP contribution in [0.4, 0.5) is 10.5 Å². The molecule has 1 aromatic rings. The lowest BCUT2D eigenvalue weighted by Crippen LogP contribution is -2.53. The Bertz CT molecular complexity index is 645. The van der Waals surface area contributed by atoms with Crippen LogP contribution >= 0.6 is 34.2 Å². The van der Waals surface area contributed by atoms with Gasteiger partial charge in [-0.2, -0.15) is 0 Å². The van der Waals surface area contributed by atoms with Gasteiger partial charge in [0.1, 0.15) is 12.4 Å². The topological polar surface area (TPSA) is 53.6 Å². The van der Waals surface area contributed by atoms with Gasteiger partial charge in [-0.3, -0.25) is 0 Å². The van der Waals surface area contributed by atoms with Gasteiger partial charge in [0, 0.05) is 12.1 Å². The summed E-state index contributed by atoms with van der Waals surface area (Å²) in [6.45, 7) is 1.43. The summed E-state index contributed by atoms with van der Waals surface area (Å²) >= 11 is 8.73. The van der Waals surface area contributed by atoms with E-state index in [1.807, 2.05) is 20.2 Å². The number of carbonyl (C=O) groups is 1. The lowest BCUT2D eigenvalue weighted by atomic mass is 9.74. The molecule has 7 heteroatoms. The smallest absolute Gasteiger partial charge is 0.319 e. The van der Waals surface area contributed by atoms with Crippen LogP contribution in [0.1, 0.15) is 37.7 Å². The molecule has 2 N–H and O–H groups in total. The molecule has 0 aromatic heterocycles. The highest BCUT2D eigenvalue weighted by Crippen LogP contribution is 2.50. The maximum absolute atomic E-state index is 12.2. The molecule has 1 aliphatic heterocycles. The van der Waals surface area contributed by atoms with E-state index >= 15 is 0 Å². The molecule has 3 rings (SSSR count). The van der Waals surface area contributed by atoms with Crippen LogP contribution in [0.5, 0.6) is 5.75 Å². The monoisotopic (exact) mass is 463 g/mol. The fourth-order valence-corrected chi connectivity index (χ4v) is 4.78. The van der Waals surface area contributed by atoms with Crippen LogP contribution in [0.3, 0.4) is 0 Å². The van der Waals surface area contributed by atoms with E-state index in [0.717, 1.165) is 47.1 Å². The van der Waals surface area contributed by atoms with Crippen LogP contribution in [0.2, 0.25) is 5.02 Å². The Morgan fingerprint density at radius 3 is 2.71 bits per heavy atom. The van der Waals surface area contributed by atoms with E-state index in [1.54, 1.807) is 0 Å². The molecule has 2 aliphatic rings. The molecular weight excluding hydrogens is 441 g/mol. The summed E-state index contributed by atoms with van der Waals surface area (Å²) in [5.41, 5.74) is 1.37. The van der Waals surface area contributed by atoms with E-state index in [0.29, 0.717) is 17.3 Å². The van der Waals surface area contributed by atoms with Gasteiger partial charge in [0.2, 0.25) is 0 Å². The van der Waals surface area contributed by atoms with E-state index in [9.17, 15) is 4.79 Å². The Labute approximate surface area is 161 Å². The summed E-state index contributed by atoms with van der Waals surface area (Å²) in [4.78, 5) is 14.3. The molecule has 132 valence electrons. The largest absolute Gasteiger partial charge is 0.491 e. The SMILES string of the molecule is CN(C)CCOc1c(I)cc(Cl)c2c1C1(CCCCC1)NC(=O)N2.